The zero-order chi connectivity index (χ0) is 27.2. The van der Waals surface area contributed by atoms with E-state index in [0.717, 1.165) is 53.2 Å². The van der Waals surface area contributed by atoms with Crippen LogP contribution in [-0.4, -0.2) is 68.1 Å². The number of aldehydes is 1. The van der Waals surface area contributed by atoms with Crippen LogP contribution in [-0.2, 0) is 20.9 Å². The Bertz CT molecular complexity index is 1420. The van der Waals surface area contributed by atoms with Gasteiger partial charge in [0.05, 0.1) is 5.69 Å². The first-order chi connectivity index (χ1) is 19.1. The summed E-state index contributed by atoms with van der Waals surface area (Å²) in [5, 5.41) is 0.934. The number of fused-ring (bicyclic) bond motifs is 1. The van der Waals surface area contributed by atoms with Crippen molar-refractivity contribution < 1.29 is 19.1 Å². The molecule has 1 unspecified atom stereocenters. The third-order valence-corrected chi connectivity index (χ3v) is 7.01. The minimum absolute atomic E-state index is 0.173. The van der Waals surface area contributed by atoms with E-state index in [1.54, 1.807) is 6.20 Å². The number of esters is 1. The number of benzene rings is 2. The van der Waals surface area contributed by atoms with Crippen LogP contribution in [0.15, 0.2) is 72.9 Å². The molecule has 2 aromatic carbocycles. The largest absolute Gasteiger partial charge is 0.482 e. The van der Waals surface area contributed by atoms with Crippen molar-refractivity contribution in [3.05, 3.63) is 78.5 Å². The first-order valence-electron chi connectivity index (χ1n) is 13.1. The van der Waals surface area contributed by atoms with Crippen LogP contribution >= 0.6 is 0 Å². The zero-order valence-electron chi connectivity index (χ0n) is 22.2. The molecule has 0 radical (unpaired) electrons. The molecular formula is C30H33N5O4. The van der Waals surface area contributed by atoms with Gasteiger partial charge in [-0.05, 0) is 48.9 Å². The molecule has 0 aliphatic carbocycles. The molecule has 0 bridgehead atoms. The Morgan fingerprint density at radius 1 is 1.13 bits per heavy atom. The maximum absolute atomic E-state index is 12.2. The van der Waals surface area contributed by atoms with Crippen molar-refractivity contribution in [2.45, 2.75) is 19.6 Å². The molecule has 1 aliphatic heterocycles. The minimum Gasteiger partial charge on any atom is -0.482 e. The van der Waals surface area contributed by atoms with Crippen LogP contribution in [0.5, 0.6) is 5.75 Å². The van der Waals surface area contributed by atoms with Crippen LogP contribution in [0.4, 0.5) is 17.3 Å². The molecular weight excluding hydrogens is 494 g/mol. The fourth-order valence-electron chi connectivity index (χ4n) is 4.78. The number of carbonyl (C=O) groups is 2. The lowest BCUT2D eigenvalue weighted by Gasteiger charge is -2.41. The van der Waals surface area contributed by atoms with E-state index in [0.29, 0.717) is 18.8 Å². The lowest BCUT2D eigenvalue weighted by molar-refractivity contribution is -0.147. The molecule has 1 atom stereocenters. The maximum atomic E-state index is 12.2. The average molecular weight is 528 g/mol. The van der Waals surface area contributed by atoms with Crippen LogP contribution < -0.4 is 19.4 Å². The molecule has 1 saturated heterocycles. The molecule has 1 fully saturated rings. The highest BCUT2D eigenvalue weighted by Gasteiger charge is 2.30. The number of nitrogens with zero attached hydrogens (tertiary/aromatic N) is 4. The highest BCUT2D eigenvalue weighted by Crippen LogP contribution is 2.31. The lowest BCUT2D eigenvalue weighted by Crippen LogP contribution is -2.54. The Kier molecular flexibility index (Phi) is 7.96. The van der Waals surface area contributed by atoms with E-state index >= 15 is 0 Å². The topological polar surface area (TPSA) is 91.0 Å². The van der Waals surface area contributed by atoms with Crippen molar-refractivity contribution in [1.82, 2.24) is 9.97 Å². The molecule has 0 spiro atoms. The molecule has 2 aromatic heterocycles. The van der Waals surface area contributed by atoms with E-state index in [1.165, 1.54) is 0 Å². The van der Waals surface area contributed by atoms with Gasteiger partial charge in [0, 0.05) is 50.3 Å². The molecule has 4 aromatic rings. The fraction of sp³-hybridized carbons (Fsp3) is 0.300. The number of hydrogen-bond donors (Lipinski definition) is 1. The summed E-state index contributed by atoms with van der Waals surface area (Å²) in [6.45, 7) is 4.95. The summed E-state index contributed by atoms with van der Waals surface area (Å²) in [5.41, 5.74) is 2.91. The van der Waals surface area contributed by atoms with Crippen molar-refractivity contribution in [3.63, 3.8) is 0 Å². The summed E-state index contributed by atoms with van der Waals surface area (Å²) >= 11 is 0. The van der Waals surface area contributed by atoms with Crippen molar-refractivity contribution in [1.29, 1.82) is 0 Å². The van der Waals surface area contributed by atoms with E-state index in [-0.39, 0.29) is 19.3 Å². The van der Waals surface area contributed by atoms with Crippen LogP contribution in [0.25, 0.3) is 10.9 Å². The second-order valence-corrected chi connectivity index (χ2v) is 9.54. The van der Waals surface area contributed by atoms with E-state index in [2.05, 4.69) is 37.7 Å². The van der Waals surface area contributed by atoms with Gasteiger partial charge < -0.3 is 34.0 Å². The third kappa shape index (κ3) is 5.98. The Hall–Kier alpha value is -4.53. The Labute approximate surface area is 227 Å². The minimum atomic E-state index is -0.429. The van der Waals surface area contributed by atoms with Crippen LogP contribution in [0.3, 0.4) is 0 Å². The second-order valence-electron chi connectivity index (χ2n) is 9.54. The smallest absolute Gasteiger partial charge is 0.344 e. The molecule has 1 aliphatic rings. The SMILES string of the molecule is CCN(C)c1cccnc1N1CCN(c2cc3cc(OCC(=O)OCc4ccccc4)ccc3[nH]2)C(C=O)C1. The number of aromatic nitrogens is 2. The third-order valence-electron chi connectivity index (χ3n) is 7.01. The van der Waals surface area contributed by atoms with E-state index in [4.69, 9.17) is 9.47 Å². The van der Waals surface area contributed by atoms with Gasteiger partial charge in [-0.15, -0.1) is 0 Å². The summed E-state index contributed by atoms with van der Waals surface area (Å²) < 4.78 is 11.0. The predicted octanol–water partition coefficient (Wildman–Crippen LogP) is 4.04. The Morgan fingerprint density at radius 2 is 1.97 bits per heavy atom. The molecule has 0 saturated carbocycles. The van der Waals surface area contributed by atoms with Gasteiger partial charge in [-0.2, -0.15) is 0 Å². The van der Waals surface area contributed by atoms with E-state index in [9.17, 15) is 9.59 Å². The monoisotopic (exact) mass is 527 g/mol. The highest BCUT2D eigenvalue weighted by atomic mass is 16.6. The first kappa shape index (κ1) is 26.1. The van der Waals surface area contributed by atoms with Gasteiger partial charge in [-0.25, -0.2) is 9.78 Å². The van der Waals surface area contributed by atoms with Crippen LogP contribution in [0.2, 0.25) is 0 Å². The number of ether oxygens (including phenoxy) is 2. The molecule has 3 heterocycles. The standard InChI is InChI=1S/C30H33N5O4/c1-3-33(2)27-10-7-13-31-30(27)34-14-15-35(24(18-34)19-36)28-17-23-16-25(11-12-26(23)32-28)38-21-29(37)39-20-22-8-5-4-6-9-22/h4-13,16-17,19,24,32H,3,14-15,18,20-21H2,1-2H3. The molecule has 1 N–H and O–H groups in total. The van der Waals surface area contributed by atoms with Gasteiger partial charge in [0.1, 0.15) is 30.5 Å². The Morgan fingerprint density at radius 3 is 2.77 bits per heavy atom. The fourth-order valence-corrected chi connectivity index (χ4v) is 4.78. The molecule has 9 nitrogen and oxygen atoms in total. The zero-order valence-corrected chi connectivity index (χ0v) is 22.2. The average Bonchev–Trinajstić information content (AvgIpc) is 3.42. The number of hydrogen-bond acceptors (Lipinski definition) is 8. The number of carbonyl (C=O) groups excluding carboxylic acids is 2. The maximum Gasteiger partial charge on any atom is 0.344 e. The summed E-state index contributed by atoms with van der Waals surface area (Å²) in [4.78, 5) is 38.8. The summed E-state index contributed by atoms with van der Waals surface area (Å²) in [6.07, 6.45) is 2.80. The van der Waals surface area contributed by atoms with Gasteiger partial charge in [0.2, 0.25) is 0 Å². The summed E-state index contributed by atoms with van der Waals surface area (Å²) in [5.74, 6) is 1.91. The van der Waals surface area contributed by atoms with Gasteiger partial charge in [0.15, 0.2) is 12.4 Å². The van der Waals surface area contributed by atoms with Gasteiger partial charge in [-0.1, -0.05) is 30.3 Å². The molecule has 202 valence electrons. The normalized spacial score (nSPS) is 15.3. The predicted molar refractivity (Wildman–Crippen MR) is 153 cm³/mol. The number of nitrogens with one attached hydrogen (secondary N) is 1. The van der Waals surface area contributed by atoms with Gasteiger partial charge in [0.25, 0.3) is 0 Å². The van der Waals surface area contributed by atoms with Crippen molar-refractivity contribution in [3.8, 4) is 5.75 Å². The number of aromatic amines is 1. The van der Waals surface area contributed by atoms with Crippen molar-refractivity contribution in [2.75, 3.05) is 54.5 Å². The van der Waals surface area contributed by atoms with E-state index in [1.807, 2.05) is 67.7 Å². The van der Waals surface area contributed by atoms with Crippen LogP contribution in [0, 0.1) is 0 Å². The number of pyridine rings is 1. The lowest BCUT2D eigenvalue weighted by atomic mass is 10.1. The molecule has 9 heteroatoms. The van der Waals surface area contributed by atoms with Crippen LogP contribution in [0.1, 0.15) is 12.5 Å². The number of anilines is 3. The van der Waals surface area contributed by atoms with Crippen molar-refractivity contribution in [2.24, 2.45) is 0 Å². The Balaban J connectivity index is 1.23. The van der Waals surface area contributed by atoms with Crippen molar-refractivity contribution >= 4 is 40.5 Å². The first-order valence-corrected chi connectivity index (χ1v) is 13.1. The molecule has 39 heavy (non-hydrogen) atoms. The number of H-pyrrole nitrogens is 1. The second kappa shape index (κ2) is 11.9. The summed E-state index contributed by atoms with van der Waals surface area (Å²) in [6, 6.07) is 20.8. The summed E-state index contributed by atoms with van der Waals surface area (Å²) in [7, 11) is 2.05. The molecule has 5 rings (SSSR count). The van der Waals surface area contributed by atoms with Gasteiger partial charge in [-0.3, -0.25) is 0 Å². The quantitative estimate of drug-likeness (QED) is 0.244. The highest BCUT2D eigenvalue weighted by molar-refractivity contribution is 5.86. The molecule has 0 amide bonds. The number of piperazine rings is 1. The van der Waals surface area contributed by atoms with Gasteiger partial charge >= 0.3 is 5.97 Å². The number of rotatable bonds is 10. The van der Waals surface area contributed by atoms with E-state index < -0.39 is 5.97 Å².